The maximum absolute atomic E-state index is 11.3. The molecule has 5 nitrogen and oxygen atoms in total. The van der Waals surface area contributed by atoms with E-state index < -0.39 is 5.43 Å². The summed E-state index contributed by atoms with van der Waals surface area (Å²) in [6.07, 6.45) is 0.575. The van der Waals surface area contributed by atoms with Gasteiger partial charge < -0.3 is 14.8 Å². The lowest BCUT2D eigenvalue weighted by Gasteiger charge is -2.07. The fourth-order valence-electron chi connectivity index (χ4n) is 1.68. The summed E-state index contributed by atoms with van der Waals surface area (Å²) in [5.74, 6) is 1.61. The molecule has 1 amide bonds. The van der Waals surface area contributed by atoms with Gasteiger partial charge in [0.1, 0.15) is 11.5 Å². The molecule has 0 aliphatic rings. The smallest absolute Gasteiger partial charge is 0.412 e. The number of ether oxygens (including phenoxy) is 2. The first-order valence-electron chi connectivity index (χ1n) is 7.90. The van der Waals surface area contributed by atoms with Gasteiger partial charge in [0.05, 0.1) is 0 Å². The highest BCUT2D eigenvalue weighted by molar-refractivity contribution is 6.61. The number of hydrogen-bond acceptors (Lipinski definition) is 4. The van der Waals surface area contributed by atoms with E-state index in [0.29, 0.717) is 24.0 Å². The summed E-state index contributed by atoms with van der Waals surface area (Å²) in [7, 11) is 0. The van der Waals surface area contributed by atoms with Crippen LogP contribution in [0.25, 0.3) is 0 Å². The second-order valence-electron chi connectivity index (χ2n) is 5.46. The number of carbonyl (C=O) groups excluding carboxylic acids is 2. The van der Waals surface area contributed by atoms with E-state index >= 15 is 0 Å². The van der Waals surface area contributed by atoms with Gasteiger partial charge in [-0.2, -0.15) is 0 Å². The van der Waals surface area contributed by atoms with E-state index in [9.17, 15) is 9.59 Å². The molecule has 0 saturated carbocycles. The molecule has 0 atom stereocenters. The normalized spacial score (nSPS) is 9.60. The molecule has 0 radical (unpaired) electrons. The van der Waals surface area contributed by atoms with Crippen LogP contribution in [0.5, 0.6) is 11.5 Å². The minimum absolute atomic E-state index is 0.387. The van der Waals surface area contributed by atoms with Crippen molar-refractivity contribution in [2.24, 2.45) is 5.92 Å². The average molecular weight is 364 g/mol. The second kappa shape index (κ2) is 11.9. The van der Waals surface area contributed by atoms with Crippen molar-refractivity contribution in [1.82, 2.24) is 5.32 Å². The molecule has 0 bridgehead atoms. The van der Waals surface area contributed by atoms with Gasteiger partial charge >= 0.3 is 11.5 Å². The van der Waals surface area contributed by atoms with Gasteiger partial charge in [-0.1, -0.05) is 50.2 Å². The Morgan fingerprint density at radius 1 is 0.920 bits per heavy atom. The SMILES string of the molecule is CC(C)CCNC(=O)Oc1ccccc1.O=C(Cl)Oc1ccccc1. The number of carbonyl (C=O) groups is 2. The number of hydrogen-bond donors (Lipinski definition) is 1. The van der Waals surface area contributed by atoms with Gasteiger partial charge in [-0.3, -0.25) is 0 Å². The third kappa shape index (κ3) is 10.8. The molecular formula is C19H22ClNO4. The van der Waals surface area contributed by atoms with E-state index in [4.69, 9.17) is 16.3 Å². The summed E-state index contributed by atoms with van der Waals surface area (Å²) >= 11 is 4.95. The highest BCUT2D eigenvalue weighted by Gasteiger charge is 2.03. The van der Waals surface area contributed by atoms with Crippen LogP contribution in [-0.4, -0.2) is 18.1 Å². The van der Waals surface area contributed by atoms with Crippen LogP contribution in [0, 0.1) is 5.92 Å². The third-order valence-corrected chi connectivity index (χ3v) is 2.96. The van der Waals surface area contributed by atoms with E-state index in [1.54, 1.807) is 36.4 Å². The summed E-state index contributed by atoms with van der Waals surface area (Å²) < 4.78 is 9.59. The number of benzene rings is 2. The van der Waals surface area contributed by atoms with Crippen LogP contribution < -0.4 is 14.8 Å². The van der Waals surface area contributed by atoms with Crippen molar-refractivity contribution in [3.05, 3.63) is 60.7 Å². The molecule has 134 valence electrons. The fraction of sp³-hybridized carbons (Fsp3) is 0.263. The van der Waals surface area contributed by atoms with E-state index in [-0.39, 0.29) is 6.09 Å². The topological polar surface area (TPSA) is 64.6 Å². The van der Waals surface area contributed by atoms with E-state index in [1.165, 1.54) is 0 Å². The Morgan fingerprint density at radius 3 is 1.84 bits per heavy atom. The number of amides is 1. The minimum atomic E-state index is -0.814. The zero-order valence-electron chi connectivity index (χ0n) is 14.3. The molecule has 0 heterocycles. The number of para-hydroxylation sites is 2. The zero-order chi connectivity index (χ0) is 18.5. The molecule has 25 heavy (non-hydrogen) atoms. The van der Waals surface area contributed by atoms with Gasteiger partial charge in [0.25, 0.3) is 0 Å². The molecule has 0 aromatic heterocycles. The molecular weight excluding hydrogens is 342 g/mol. The Labute approximate surface area is 152 Å². The van der Waals surface area contributed by atoms with E-state index in [0.717, 1.165) is 6.42 Å². The van der Waals surface area contributed by atoms with Crippen LogP contribution in [-0.2, 0) is 0 Å². The third-order valence-electron chi connectivity index (χ3n) is 2.89. The van der Waals surface area contributed by atoms with E-state index in [1.807, 2.05) is 24.3 Å². The largest absolute Gasteiger partial charge is 0.415 e. The Balaban J connectivity index is 0.000000271. The Kier molecular flexibility index (Phi) is 9.78. The molecule has 1 N–H and O–H groups in total. The van der Waals surface area contributed by atoms with Crippen LogP contribution in [0.2, 0.25) is 0 Å². The molecule has 0 spiro atoms. The highest BCUT2D eigenvalue weighted by Crippen LogP contribution is 2.09. The maximum atomic E-state index is 11.3. The monoisotopic (exact) mass is 363 g/mol. The van der Waals surface area contributed by atoms with Crippen molar-refractivity contribution in [2.45, 2.75) is 20.3 Å². The van der Waals surface area contributed by atoms with Crippen LogP contribution >= 0.6 is 11.6 Å². The lowest BCUT2D eigenvalue weighted by molar-refractivity contribution is 0.200. The molecule has 0 aliphatic heterocycles. The average Bonchev–Trinajstić information content (AvgIpc) is 2.56. The summed E-state index contributed by atoms with van der Waals surface area (Å²) in [6.45, 7) is 4.89. The van der Waals surface area contributed by atoms with Crippen LogP contribution in [0.3, 0.4) is 0 Å². The number of halogens is 1. The number of rotatable bonds is 5. The molecule has 0 aliphatic carbocycles. The first-order chi connectivity index (χ1) is 12.0. The van der Waals surface area contributed by atoms with Gasteiger partial charge in [-0.15, -0.1) is 0 Å². The maximum Gasteiger partial charge on any atom is 0.412 e. The Morgan fingerprint density at radius 2 is 1.40 bits per heavy atom. The molecule has 6 heteroatoms. The van der Waals surface area contributed by atoms with E-state index in [2.05, 4.69) is 23.9 Å². The predicted molar refractivity (Wildman–Crippen MR) is 98.2 cm³/mol. The minimum Gasteiger partial charge on any atom is -0.415 e. The first kappa shape index (κ1) is 20.5. The number of nitrogens with one attached hydrogen (secondary N) is 1. The fourth-order valence-corrected chi connectivity index (χ4v) is 1.76. The lowest BCUT2D eigenvalue weighted by Crippen LogP contribution is -2.28. The highest BCUT2D eigenvalue weighted by atomic mass is 35.5. The molecule has 2 aromatic carbocycles. The summed E-state index contributed by atoms with van der Waals surface area (Å²) in [5, 5.41) is 2.70. The van der Waals surface area contributed by atoms with Crippen LogP contribution in [0.1, 0.15) is 20.3 Å². The van der Waals surface area contributed by atoms with Crippen molar-refractivity contribution in [3.63, 3.8) is 0 Å². The predicted octanol–water partition coefficient (Wildman–Crippen LogP) is 5.25. The quantitative estimate of drug-likeness (QED) is 0.737. The molecule has 0 fully saturated rings. The molecule has 0 unspecified atom stereocenters. The standard InChI is InChI=1S/C12H17NO2.C7H5ClO2/c1-10(2)8-9-13-12(14)15-11-6-4-3-5-7-11;8-7(9)10-6-4-2-1-3-5-6/h3-7,10H,8-9H2,1-2H3,(H,13,14);1-5H. The van der Waals surface area contributed by atoms with Crippen molar-refractivity contribution in [3.8, 4) is 11.5 Å². The second-order valence-corrected chi connectivity index (χ2v) is 5.77. The van der Waals surface area contributed by atoms with Crippen LogP contribution in [0.4, 0.5) is 9.59 Å². The molecule has 0 saturated heterocycles. The zero-order valence-corrected chi connectivity index (χ0v) is 15.0. The lowest BCUT2D eigenvalue weighted by atomic mass is 10.1. The van der Waals surface area contributed by atoms with Crippen LogP contribution in [0.15, 0.2) is 60.7 Å². The van der Waals surface area contributed by atoms with Crippen molar-refractivity contribution in [1.29, 1.82) is 0 Å². The Hall–Kier alpha value is -2.53. The van der Waals surface area contributed by atoms with Crippen molar-refractivity contribution < 1.29 is 19.1 Å². The van der Waals surface area contributed by atoms with Crippen molar-refractivity contribution >= 4 is 23.1 Å². The van der Waals surface area contributed by atoms with Gasteiger partial charge in [0.15, 0.2) is 0 Å². The van der Waals surface area contributed by atoms with Gasteiger partial charge in [-0.25, -0.2) is 9.59 Å². The summed E-state index contributed by atoms with van der Waals surface area (Å²) in [4.78, 5) is 21.4. The van der Waals surface area contributed by atoms with Gasteiger partial charge in [0, 0.05) is 18.1 Å². The van der Waals surface area contributed by atoms with Gasteiger partial charge in [-0.05, 0) is 36.6 Å². The Bertz CT molecular complexity index is 632. The van der Waals surface area contributed by atoms with Crippen molar-refractivity contribution in [2.75, 3.05) is 6.54 Å². The molecule has 2 aromatic rings. The summed E-state index contributed by atoms with van der Waals surface area (Å²) in [5.41, 5.74) is -0.814. The summed E-state index contributed by atoms with van der Waals surface area (Å²) in [6, 6.07) is 17.7. The van der Waals surface area contributed by atoms with Gasteiger partial charge in [0.2, 0.25) is 0 Å². The molecule has 2 rings (SSSR count). The first-order valence-corrected chi connectivity index (χ1v) is 8.28.